The predicted octanol–water partition coefficient (Wildman–Crippen LogP) is 2.01. The van der Waals surface area contributed by atoms with Gasteiger partial charge in [-0.15, -0.1) is 0 Å². The zero-order valence-corrected chi connectivity index (χ0v) is 9.28. The Morgan fingerprint density at radius 3 is 2.33 bits per heavy atom. The Bertz CT molecular complexity index is 385. The molecular formula is C12H15N3. The maximum absolute atomic E-state index is 9.10. The lowest BCUT2D eigenvalue weighted by molar-refractivity contribution is 0.329. The lowest BCUT2D eigenvalue weighted by Crippen LogP contribution is -2.29. The Morgan fingerprint density at radius 2 is 1.87 bits per heavy atom. The number of nitriles is 1. The first-order valence-corrected chi connectivity index (χ1v) is 4.75. The van der Waals surface area contributed by atoms with Crippen LogP contribution in [0, 0.1) is 11.3 Å². The van der Waals surface area contributed by atoms with Gasteiger partial charge in [0, 0.05) is 19.8 Å². The molecule has 0 atom stereocenters. The van der Waals surface area contributed by atoms with E-state index in [1.165, 1.54) is 0 Å². The molecule has 15 heavy (non-hydrogen) atoms. The molecule has 78 valence electrons. The second-order valence-electron chi connectivity index (χ2n) is 3.48. The van der Waals surface area contributed by atoms with E-state index >= 15 is 0 Å². The molecule has 0 aliphatic heterocycles. The maximum Gasteiger partial charge on any atom is 0.102 e. The van der Waals surface area contributed by atoms with Gasteiger partial charge in [-0.25, -0.2) is 5.01 Å². The van der Waals surface area contributed by atoms with Crippen molar-refractivity contribution in [2.75, 3.05) is 14.1 Å². The van der Waals surface area contributed by atoms with E-state index in [-0.39, 0.29) is 0 Å². The number of benzene rings is 1. The quantitative estimate of drug-likeness (QED) is 0.600. The number of rotatable bonds is 3. The maximum atomic E-state index is 9.10. The Kier molecular flexibility index (Phi) is 3.90. The number of nitrogens with zero attached hydrogens (tertiary/aromatic N) is 2. The molecule has 0 saturated carbocycles. The molecule has 1 aromatic rings. The monoisotopic (exact) mass is 201 g/mol. The molecule has 0 aliphatic carbocycles. The van der Waals surface area contributed by atoms with Gasteiger partial charge in [-0.2, -0.15) is 5.26 Å². The topological polar surface area (TPSA) is 39.1 Å². The van der Waals surface area contributed by atoms with Crippen LogP contribution in [0.1, 0.15) is 12.5 Å². The van der Waals surface area contributed by atoms with Crippen molar-refractivity contribution in [2.45, 2.75) is 6.92 Å². The fourth-order valence-corrected chi connectivity index (χ4v) is 1.36. The summed E-state index contributed by atoms with van der Waals surface area (Å²) < 4.78 is 0. The van der Waals surface area contributed by atoms with Crippen molar-refractivity contribution >= 4 is 5.57 Å². The van der Waals surface area contributed by atoms with Crippen LogP contribution in [-0.2, 0) is 0 Å². The first-order chi connectivity index (χ1) is 7.15. The van der Waals surface area contributed by atoms with E-state index in [4.69, 9.17) is 5.26 Å². The molecule has 1 N–H and O–H groups in total. The molecule has 1 aromatic carbocycles. The van der Waals surface area contributed by atoms with E-state index in [9.17, 15) is 0 Å². The van der Waals surface area contributed by atoms with E-state index in [0.29, 0.717) is 5.57 Å². The van der Waals surface area contributed by atoms with Crippen LogP contribution in [-0.4, -0.2) is 19.1 Å². The Morgan fingerprint density at radius 1 is 1.27 bits per heavy atom. The summed E-state index contributed by atoms with van der Waals surface area (Å²) in [7, 11) is 3.78. The number of hydrogen-bond acceptors (Lipinski definition) is 3. The summed E-state index contributed by atoms with van der Waals surface area (Å²) in [6.07, 6.45) is 0. The van der Waals surface area contributed by atoms with Gasteiger partial charge in [0.25, 0.3) is 0 Å². The summed E-state index contributed by atoms with van der Waals surface area (Å²) in [5.41, 5.74) is 5.55. The largest absolute Gasteiger partial charge is 0.322 e. The number of hydrazine groups is 1. The predicted molar refractivity (Wildman–Crippen MR) is 61.5 cm³/mol. The van der Waals surface area contributed by atoms with Gasteiger partial charge in [0.15, 0.2) is 0 Å². The van der Waals surface area contributed by atoms with Gasteiger partial charge in [-0.05, 0) is 12.5 Å². The minimum Gasteiger partial charge on any atom is -0.322 e. The highest BCUT2D eigenvalue weighted by atomic mass is 15.5. The Hall–Kier alpha value is -1.79. The van der Waals surface area contributed by atoms with Gasteiger partial charge >= 0.3 is 0 Å². The molecule has 0 fully saturated rings. The molecule has 0 radical (unpaired) electrons. The van der Waals surface area contributed by atoms with Crippen LogP contribution < -0.4 is 5.43 Å². The molecule has 0 saturated heterocycles. The summed E-state index contributed by atoms with van der Waals surface area (Å²) in [4.78, 5) is 0. The standard InChI is InChI=1S/C12H15N3/c1-10(14-15(2)3)12(9-13)11-7-5-4-6-8-11/h4-8,14H,1-3H3/b12-10+. The molecular weight excluding hydrogens is 186 g/mol. The van der Waals surface area contributed by atoms with E-state index in [1.54, 1.807) is 0 Å². The number of allylic oxidation sites excluding steroid dienone is 2. The summed E-state index contributed by atoms with van der Waals surface area (Å²) in [6, 6.07) is 11.9. The van der Waals surface area contributed by atoms with Crippen LogP contribution in [0.3, 0.4) is 0 Å². The van der Waals surface area contributed by atoms with Crippen molar-refractivity contribution in [1.29, 1.82) is 5.26 Å². The summed E-state index contributed by atoms with van der Waals surface area (Å²) >= 11 is 0. The van der Waals surface area contributed by atoms with Crippen LogP contribution in [0.2, 0.25) is 0 Å². The minimum absolute atomic E-state index is 0.671. The molecule has 0 aromatic heterocycles. The molecule has 3 nitrogen and oxygen atoms in total. The van der Waals surface area contributed by atoms with E-state index in [2.05, 4.69) is 11.5 Å². The van der Waals surface area contributed by atoms with E-state index in [1.807, 2.05) is 56.4 Å². The van der Waals surface area contributed by atoms with Gasteiger partial charge in [0.1, 0.15) is 6.07 Å². The third-order valence-corrected chi connectivity index (χ3v) is 1.94. The average Bonchev–Trinajstić information content (AvgIpc) is 2.19. The lowest BCUT2D eigenvalue weighted by atomic mass is 10.1. The second kappa shape index (κ2) is 5.18. The molecule has 0 heterocycles. The highest BCUT2D eigenvalue weighted by Gasteiger charge is 2.04. The molecule has 0 unspecified atom stereocenters. The summed E-state index contributed by atoms with van der Waals surface area (Å²) in [5.74, 6) is 0. The van der Waals surface area contributed by atoms with E-state index < -0.39 is 0 Å². The summed E-state index contributed by atoms with van der Waals surface area (Å²) in [6.45, 7) is 1.89. The summed E-state index contributed by atoms with van der Waals surface area (Å²) in [5, 5.41) is 10.9. The highest BCUT2D eigenvalue weighted by molar-refractivity contribution is 5.78. The number of nitrogens with one attached hydrogen (secondary N) is 1. The van der Waals surface area contributed by atoms with Gasteiger partial charge in [0.05, 0.1) is 5.57 Å². The molecule has 0 aliphatic rings. The van der Waals surface area contributed by atoms with E-state index in [0.717, 1.165) is 11.3 Å². The van der Waals surface area contributed by atoms with Crippen molar-refractivity contribution in [3.05, 3.63) is 41.6 Å². The molecule has 0 amide bonds. The second-order valence-corrected chi connectivity index (χ2v) is 3.48. The fourth-order valence-electron chi connectivity index (χ4n) is 1.36. The van der Waals surface area contributed by atoms with Crippen molar-refractivity contribution in [1.82, 2.24) is 10.4 Å². The van der Waals surface area contributed by atoms with Crippen molar-refractivity contribution in [3.63, 3.8) is 0 Å². The average molecular weight is 201 g/mol. The van der Waals surface area contributed by atoms with Gasteiger partial charge < -0.3 is 5.43 Å². The van der Waals surface area contributed by atoms with Crippen LogP contribution in [0.4, 0.5) is 0 Å². The van der Waals surface area contributed by atoms with Crippen LogP contribution in [0.25, 0.3) is 5.57 Å². The normalized spacial score (nSPS) is 11.9. The minimum atomic E-state index is 0.671. The Labute approximate surface area is 90.6 Å². The van der Waals surface area contributed by atoms with Gasteiger partial charge in [0.2, 0.25) is 0 Å². The van der Waals surface area contributed by atoms with Gasteiger partial charge in [-0.1, -0.05) is 30.3 Å². The zero-order valence-electron chi connectivity index (χ0n) is 9.28. The SMILES string of the molecule is C/C(NN(C)C)=C(/C#N)c1ccccc1. The molecule has 1 rings (SSSR count). The van der Waals surface area contributed by atoms with Crippen molar-refractivity contribution in [3.8, 4) is 6.07 Å². The number of hydrogen-bond donors (Lipinski definition) is 1. The molecule has 0 spiro atoms. The van der Waals surface area contributed by atoms with Crippen LogP contribution >= 0.6 is 0 Å². The Balaban J connectivity index is 3.04. The molecule has 0 bridgehead atoms. The smallest absolute Gasteiger partial charge is 0.102 e. The van der Waals surface area contributed by atoms with Gasteiger partial charge in [-0.3, -0.25) is 0 Å². The van der Waals surface area contributed by atoms with Crippen molar-refractivity contribution in [2.24, 2.45) is 0 Å². The highest BCUT2D eigenvalue weighted by Crippen LogP contribution is 2.15. The fraction of sp³-hybridized carbons (Fsp3) is 0.250. The van der Waals surface area contributed by atoms with Crippen LogP contribution in [0.15, 0.2) is 36.0 Å². The first kappa shape index (κ1) is 11.3. The third kappa shape index (κ3) is 3.12. The van der Waals surface area contributed by atoms with Crippen LogP contribution in [0.5, 0.6) is 0 Å². The van der Waals surface area contributed by atoms with Crippen molar-refractivity contribution < 1.29 is 0 Å². The zero-order chi connectivity index (χ0) is 11.3. The lowest BCUT2D eigenvalue weighted by Gasteiger charge is -2.15. The first-order valence-electron chi connectivity index (χ1n) is 4.75. The molecule has 3 heteroatoms. The third-order valence-electron chi connectivity index (χ3n) is 1.94.